The normalized spacial score (nSPS) is 11.4. The molecule has 0 saturated carbocycles. The van der Waals surface area contributed by atoms with Crippen molar-refractivity contribution in [3.05, 3.63) is 57.6 Å². The van der Waals surface area contributed by atoms with Gasteiger partial charge >= 0.3 is 0 Å². The summed E-state index contributed by atoms with van der Waals surface area (Å²) in [6, 6.07) is 6.46. The molecule has 0 saturated heterocycles. The highest BCUT2D eigenvalue weighted by Crippen LogP contribution is 2.28. The Kier molecular flexibility index (Phi) is 10.4. The molecule has 0 aliphatic carbocycles. The van der Waals surface area contributed by atoms with Gasteiger partial charge < -0.3 is 35.0 Å². The van der Waals surface area contributed by atoms with Crippen LogP contribution in [-0.2, 0) is 26.4 Å². The summed E-state index contributed by atoms with van der Waals surface area (Å²) in [5.74, 6) is 0.807. The number of Topliss-reactive ketones (excluding diaryl/α,β-unsaturated/α-hetero) is 1. The molecule has 0 radical (unpaired) electrons. The van der Waals surface area contributed by atoms with E-state index in [2.05, 4.69) is 0 Å². The van der Waals surface area contributed by atoms with Gasteiger partial charge in [-0.25, -0.2) is 0 Å². The molecule has 1 unspecified atom stereocenters. The van der Waals surface area contributed by atoms with E-state index in [1.807, 2.05) is 0 Å². The molecule has 8 nitrogen and oxygen atoms in total. The first-order valence-electron chi connectivity index (χ1n) is 9.29. The third kappa shape index (κ3) is 6.25. The summed E-state index contributed by atoms with van der Waals surface area (Å²) >= 11 is 0. The third-order valence-corrected chi connectivity index (χ3v) is 4.61. The zero-order valence-electron chi connectivity index (χ0n) is 17.7. The van der Waals surface area contributed by atoms with Crippen LogP contribution in [0.15, 0.2) is 24.3 Å². The van der Waals surface area contributed by atoms with Gasteiger partial charge in [-0.2, -0.15) is 0 Å². The number of benzene rings is 2. The molecule has 0 amide bonds. The van der Waals surface area contributed by atoms with Crippen molar-refractivity contribution < 1.29 is 39.8 Å². The lowest BCUT2D eigenvalue weighted by Crippen LogP contribution is -2.03. The van der Waals surface area contributed by atoms with Gasteiger partial charge in [0.25, 0.3) is 0 Å². The minimum absolute atomic E-state index is 0.104. The van der Waals surface area contributed by atoms with Crippen LogP contribution in [-0.4, -0.2) is 45.5 Å². The Labute approximate surface area is 176 Å². The number of carbonyl (C=O) groups excluding carboxylic acids is 1. The number of carbonyl (C=O) groups is 1. The SMILES string of the molecule is COc1cc(C(C)=O)cc(CO)c1CO.COc1cc(C(C)O)cc(CO)c1CO. The van der Waals surface area contributed by atoms with E-state index in [0.717, 1.165) is 0 Å². The van der Waals surface area contributed by atoms with Gasteiger partial charge in [0.1, 0.15) is 11.5 Å². The Balaban J connectivity index is 0.000000300. The minimum atomic E-state index is -0.628. The second kappa shape index (κ2) is 12.3. The molecule has 2 aromatic rings. The molecule has 0 aliphatic heterocycles. The third-order valence-electron chi connectivity index (χ3n) is 4.61. The molecule has 166 valence electrons. The fourth-order valence-corrected chi connectivity index (χ4v) is 2.88. The van der Waals surface area contributed by atoms with Crippen molar-refractivity contribution in [1.29, 1.82) is 0 Å². The standard InChI is InChI=1S/C11H16O4.C11H14O4/c2*1-7(14)8-3-9(5-12)10(6-13)11(4-8)15-2/h3-4,7,12-14H,5-6H2,1-2H3;3-4,12-13H,5-6H2,1-2H3. The van der Waals surface area contributed by atoms with Gasteiger partial charge in [0, 0.05) is 16.7 Å². The smallest absolute Gasteiger partial charge is 0.159 e. The van der Waals surface area contributed by atoms with E-state index in [0.29, 0.717) is 44.9 Å². The molecule has 30 heavy (non-hydrogen) atoms. The molecule has 2 rings (SSSR count). The molecular weight excluding hydrogens is 392 g/mol. The van der Waals surface area contributed by atoms with E-state index >= 15 is 0 Å². The second-order valence-corrected chi connectivity index (χ2v) is 6.54. The lowest BCUT2D eigenvalue weighted by Gasteiger charge is -2.14. The minimum Gasteiger partial charge on any atom is -0.496 e. The average molecular weight is 422 g/mol. The predicted octanol–water partition coefficient (Wildman–Crippen LogP) is 1.62. The summed E-state index contributed by atoms with van der Waals surface area (Å²) in [4.78, 5) is 11.2. The molecule has 0 bridgehead atoms. The Morgan fingerprint density at radius 2 is 1.30 bits per heavy atom. The van der Waals surface area contributed by atoms with Crippen LogP contribution in [0.1, 0.15) is 58.1 Å². The molecule has 0 aromatic heterocycles. The summed E-state index contributed by atoms with van der Waals surface area (Å²) in [6.07, 6.45) is -0.628. The molecule has 2 aromatic carbocycles. The number of ketones is 1. The summed E-state index contributed by atoms with van der Waals surface area (Å²) in [6.45, 7) is 2.24. The first kappa shape index (κ1) is 25.5. The Hall–Kier alpha value is -2.49. The fraction of sp³-hybridized carbons (Fsp3) is 0.409. The van der Waals surface area contributed by atoms with Crippen LogP contribution in [0.4, 0.5) is 0 Å². The molecule has 0 aliphatic rings. The van der Waals surface area contributed by atoms with Crippen LogP contribution < -0.4 is 9.47 Å². The molecule has 5 N–H and O–H groups in total. The van der Waals surface area contributed by atoms with E-state index in [1.165, 1.54) is 21.1 Å². The fourth-order valence-electron chi connectivity index (χ4n) is 2.88. The molecule has 8 heteroatoms. The first-order valence-corrected chi connectivity index (χ1v) is 9.29. The monoisotopic (exact) mass is 422 g/mol. The topological polar surface area (TPSA) is 137 Å². The number of rotatable bonds is 8. The number of ether oxygens (including phenoxy) is 2. The number of aliphatic hydroxyl groups excluding tert-OH is 5. The van der Waals surface area contributed by atoms with Gasteiger partial charge in [-0.15, -0.1) is 0 Å². The lowest BCUT2D eigenvalue weighted by molar-refractivity contribution is 0.101. The Morgan fingerprint density at radius 1 is 0.833 bits per heavy atom. The van der Waals surface area contributed by atoms with E-state index < -0.39 is 6.10 Å². The zero-order valence-corrected chi connectivity index (χ0v) is 17.7. The van der Waals surface area contributed by atoms with Crippen LogP contribution in [0.2, 0.25) is 0 Å². The average Bonchev–Trinajstić information content (AvgIpc) is 2.76. The molecule has 0 spiro atoms. The number of aliphatic hydroxyl groups is 5. The van der Waals surface area contributed by atoms with Gasteiger partial charge in [0.2, 0.25) is 0 Å². The van der Waals surface area contributed by atoms with Crippen LogP contribution in [0.25, 0.3) is 0 Å². The largest absolute Gasteiger partial charge is 0.496 e. The summed E-state index contributed by atoms with van der Waals surface area (Å²) in [5.41, 5.74) is 3.30. The lowest BCUT2D eigenvalue weighted by atomic mass is 10.0. The highest BCUT2D eigenvalue weighted by molar-refractivity contribution is 5.94. The highest BCUT2D eigenvalue weighted by Gasteiger charge is 2.13. The number of methoxy groups -OCH3 is 2. The van der Waals surface area contributed by atoms with Gasteiger partial charge in [0.05, 0.1) is 46.8 Å². The van der Waals surface area contributed by atoms with Gasteiger partial charge in [-0.1, -0.05) is 6.07 Å². The van der Waals surface area contributed by atoms with Crippen molar-refractivity contribution in [2.45, 2.75) is 46.4 Å². The Bertz CT molecular complexity index is 795. The summed E-state index contributed by atoms with van der Waals surface area (Å²) in [5, 5.41) is 45.9. The molecular formula is C22H30O8. The van der Waals surface area contributed by atoms with Crippen molar-refractivity contribution >= 4 is 5.78 Å². The number of hydrogen-bond acceptors (Lipinski definition) is 8. The van der Waals surface area contributed by atoms with Gasteiger partial charge in [0.15, 0.2) is 5.78 Å². The quantitative estimate of drug-likeness (QED) is 0.405. The Morgan fingerprint density at radius 3 is 1.67 bits per heavy atom. The first-order chi connectivity index (χ1) is 14.3. The van der Waals surface area contributed by atoms with Gasteiger partial charge in [-0.3, -0.25) is 4.79 Å². The maximum atomic E-state index is 11.2. The zero-order chi connectivity index (χ0) is 22.8. The van der Waals surface area contributed by atoms with Crippen molar-refractivity contribution in [3.8, 4) is 11.5 Å². The maximum Gasteiger partial charge on any atom is 0.159 e. The van der Waals surface area contributed by atoms with E-state index in [-0.39, 0.29) is 32.2 Å². The molecule has 1 atom stereocenters. The van der Waals surface area contributed by atoms with Crippen molar-refractivity contribution in [3.63, 3.8) is 0 Å². The van der Waals surface area contributed by atoms with E-state index in [9.17, 15) is 9.90 Å². The van der Waals surface area contributed by atoms with Crippen molar-refractivity contribution in [2.24, 2.45) is 0 Å². The van der Waals surface area contributed by atoms with Crippen molar-refractivity contribution in [1.82, 2.24) is 0 Å². The maximum absolute atomic E-state index is 11.2. The van der Waals surface area contributed by atoms with E-state index in [1.54, 1.807) is 31.2 Å². The van der Waals surface area contributed by atoms with Gasteiger partial charge in [-0.05, 0) is 48.7 Å². The summed E-state index contributed by atoms with van der Waals surface area (Å²) in [7, 11) is 2.95. The molecule has 0 fully saturated rings. The predicted molar refractivity (Wildman–Crippen MR) is 110 cm³/mol. The summed E-state index contributed by atoms with van der Waals surface area (Å²) < 4.78 is 10.1. The highest BCUT2D eigenvalue weighted by atomic mass is 16.5. The van der Waals surface area contributed by atoms with Crippen LogP contribution in [0, 0.1) is 0 Å². The van der Waals surface area contributed by atoms with Crippen LogP contribution in [0.3, 0.4) is 0 Å². The second-order valence-electron chi connectivity index (χ2n) is 6.54. The van der Waals surface area contributed by atoms with Crippen LogP contribution >= 0.6 is 0 Å². The van der Waals surface area contributed by atoms with Crippen molar-refractivity contribution in [2.75, 3.05) is 14.2 Å². The molecule has 0 heterocycles. The van der Waals surface area contributed by atoms with Crippen LogP contribution in [0.5, 0.6) is 11.5 Å². The number of hydrogen-bond donors (Lipinski definition) is 5. The van der Waals surface area contributed by atoms with E-state index in [4.69, 9.17) is 29.9 Å².